The van der Waals surface area contributed by atoms with Crippen LogP contribution in [0, 0.1) is 0 Å². The van der Waals surface area contributed by atoms with E-state index in [2.05, 4.69) is 10.3 Å². The van der Waals surface area contributed by atoms with E-state index in [1.54, 1.807) is 12.1 Å². The normalized spacial score (nSPS) is 10.8. The molecule has 1 heterocycles. The Bertz CT molecular complexity index is 568. The third kappa shape index (κ3) is 2.38. The molecule has 2 N–H and O–H groups in total. The highest BCUT2D eigenvalue weighted by molar-refractivity contribution is 5.77. The van der Waals surface area contributed by atoms with Crippen molar-refractivity contribution in [1.29, 1.82) is 0 Å². The molecule has 2 aromatic rings. The van der Waals surface area contributed by atoms with Gasteiger partial charge in [-0.1, -0.05) is 6.07 Å². The fraction of sp³-hybridized carbons (Fsp3) is 0.273. The number of aromatic nitrogens is 1. The molecule has 5 nitrogen and oxygen atoms in total. The highest BCUT2D eigenvalue weighted by Gasteiger charge is 2.02. The topological polar surface area (TPSA) is 75.1 Å². The Morgan fingerprint density at radius 2 is 2.31 bits per heavy atom. The van der Waals surface area contributed by atoms with Crippen LogP contribution in [0.15, 0.2) is 27.4 Å². The molecule has 0 amide bonds. The van der Waals surface area contributed by atoms with Crippen LogP contribution < -0.4 is 11.1 Å². The minimum Gasteiger partial charge on any atom is -0.408 e. The standard InChI is InChI=1S/C11H12N2O3/c1-7(14)5-12-6-8-2-3-9-10(4-8)16-11(15)13-9/h2-4,12H,5-6H2,1H3,(H,13,15). The van der Waals surface area contributed by atoms with Gasteiger partial charge in [0.2, 0.25) is 0 Å². The van der Waals surface area contributed by atoms with E-state index in [0.717, 1.165) is 5.56 Å². The predicted molar refractivity (Wildman–Crippen MR) is 59.2 cm³/mol. The quantitative estimate of drug-likeness (QED) is 0.799. The van der Waals surface area contributed by atoms with Crippen molar-refractivity contribution in [3.63, 3.8) is 0 Å². The molecule has 0 fully saturated rings. The molecule has 84 valence electrons. The average Bonchev–Trinajstić information content (AvgIpc) is 2.56. The minimum absolute atomic E-state index is 0.0919. The van der Waals surface area contributed by atoms with E-state index >= 15 is 0 Å². The van der Waals surface area contributed by atoms with Crippen LogP contribution in [0.25, 0.3) is 11.1 Å². The van der Waals surface area contributed by atoms with Crippen LogP contribution in [0.4, 0.5) is 0 Å². The molecule has 0 aliphatic carbocycles. The van der Waals surface area contributed by atoms with Crippen LogP contribution in [-0.4, -0.2) is 17.3 Å². The van der Waals surface area contributed by atoms with Crippen LogP contribution in [0.2, 0.25) is 0 Å². The number of rotatable bonds is 4. The van der Waals surface area contributed by atoms with Crippen molar-refractivity contribution in [3.05, 3.63) is 34.3 Å². The molecule has 1 aromatic heterocycles. The maximum Gasteiger partial charge on any atom is 0.417 e. The first-order valence-electron chi connectivity index (χ1n) is 4.97. The zero-order chi connectivity index (χ0) is 11.5. The van der Waals surface area contributed by atoms with E-state index in [1.807, 2.05) is 6.07 Å². The molecular formula is C11H12N2O3. The van der Waals surface area contributed by atoms with E-state index in [4.69, 9.17) is 4.42 Å². The summed E-state index contributed by atoms with van der Waals surface area (Å²) in [7, 11) is 0. The smallest absolute Gasteiger partial charge is 0.408 e. The number of ketones is 1. The van der Waals surface area contributed by atoms with E-state index in [1.165, 1.54) is 6.92 Å². The Morgan fingerprint density at radius 1 is 1.50 bits per heavy atom. The van der Waals surface area contributed by atoms with Gasteiger partial charge in [0, 0.05) is 6.54 Å². The number of carbonyl (C=O) groups is 1. The summed E-state index contributed by atoms with van der Waals surface area (Å²) in [5, 5.41) is 2.99. The molecule has 0 bridgehead atoms. The second-order valence-electron chi connectivity index (χ2n) is 3.65. The zero-order valence-electron chi connectivity index (χ0n) is 8.87. The van der Waals surface area contributed by atoms with E-state index in [-0.39, 0.29) is 5.78 Å². The fourth-order valence-electron chi connectivity index (χ4n) is 1.48. The van der Waals surface area contributed by atoms with Gasteiger partial charge in [0.15, 0.2) is 5.58 Å². The zero-order valence-corrected chi connectivity index (χ0v) is 8.87. The first-order chi connectivity index (χ1) is 7.65. The summed E-state index contributed by atoms with van der Waals surface area (Å²) in [6.45, 7) is 2.45. The molecule has 0 aliphatic rings. The highest BCUT2D eigenvalue weighted by atomic mass is 16.4. The van der Waals surface area contributed by atoms with Crippen LogP contribution in [-0.2, 0) is 11.3 Å². The lowest BCUT2D eigenvalue weighted by atomic mass is 10.2. The highest BCUT2D eigenvalue weighted by Crippen LogP contribution is 2.11. The number of H-pyrrole nitrogens is 1. The van der Waals surface area contributed by atoms with Gasteiger partial charge in [-0.25, -0.2) is 4.79 Å². The average molecular weight is 220 g/mol. The van der Waals surface area contributed by atoms with Gasteiger partial charge >= 0.3 is 5.76 Å². The van der Waals surface area contributed by atoms with Gasteiger partial charge in [-0.2, -0.15) is 0 Å². The monoisotopic (exact) mass is 220 g/mol. The summed E-state index contributed by atoms with van der Waals surface area (Å²) in [6, 6.07) is 5.44. The van der Waals surface area contributed by atoms with Gasteiger partial charge in [0.05, 0.1) is 12.1 Å². The third-order valence-electron chi connectivity index (χ3n) is 2.19. The van der Waals surface area contributed by atoms with E-state index in [0.29, 0.717) is 24.2 Å². The number of nitrogens with one attached hydrogen (secondary N) is 2. The molecule has 0 atom stereocenters. The maximum absolute atomic E-state index is 10.9. The van der Waals surface area contributed by atoms with E-state index < -0.39 is 5.76 Å². The summed E-state index contributed by atoms with van der Waals surface area (Å²) in [5.41, 5.74) is 2.18. The largest absolute Gasteiger partial charge is 0.417 e. The fourth-order valence-corrected chi connectivity index (χ4v) is 1.48. The SMILES string of the molecule is CC(=O)CNCc1ccc2[nH]c(=O)oc2c1. The van der Waals surface area contributed by atoms with Gasteiger partial charge in [-0.3, -0.25) is 9.78 Å². The number of benzene rings is 1. The number of fused-ring (bicyclic) bond motifs is 1. The molecule has 1 aromatic carbocycles. The molecule has 0 unspecified atom stereocenters. The van der Waals surface area contributed by atoms with Crippen LogP contribution >= 0.6 is 0 Å². The van der Waals surface area contributed by atoms with Crippen LogP contribution in [0.5, 0.6) is 0 Å². The van der Waals surface area contributed by atoms with Crippen LogP contribution in [0.1, 0.15) is 12.5 Å². The first kappa shape index (κ1) is 10.6. The van der Waals surface area contributed by atoms with Crippen molar-refractivity contribution in [2.24, 2.45) is 0 Å². The van der Waals surface area contributed by atoms with Crippen molar-refractivity contribution < 1.29 is 9.21 Å². The molecule has 0 saturated heterocycles. The predicted octanol–water partition coefficient (Wildman–Crippen LogP) is 0.800. The second-order valence-corrected chi connectivity index (χ2v) is 3.65. The molecule has 0 radical (unpaired) electrons. The van der Waals surface area contributed by atoms with Gasteiger partial charge in [-0.05, 0) is 24.6 Å². The minimum atomic E-state index is -0.455. The number of oxazole rings is 1. The Balaban J connectivity index is 2.13. The van der Waals surface area contributed by atoms with Crippen molar-refractivity contribution in [2.45, 2.75) is 13.5 Å². The molecular weight excluding hydrogens is 208 g/mol. The van der Waals surface area contributed by atoms with Crippen molar-refractivity contribution in [1.82, 2.24) is 10.3 Å². The number of Topliss-reactive ketones (excluding diaryl/α,β-unsaturated/α-hetero) is 1. The summed E-state index contributed by atoms with van der Waals surface area (Å²) < 4.78 is 4.93. The van der Waals surface area contributed by atoms with Crippen LogP contribution in [0.3, 0.4) is 0 Å². The molecule has 5 heteroatoms. The Kier molecular flexibility index (Phi) is 2.87. The summed E-state index contributed by atoms with van der Waals surface area (Å²) >= 11 is 0. The van der Waals surface area contributed by atoms with Crippen molar-refractivity contribution in [3.8, 4) is 0 Å². The Hall–Kier alpha value is -1.88. The molecule has 16 heavy (non-hydrogen) atoms. The van der Waals surface area contributed by atoms with Gasteiger partial charge in [-0.15, -0.1) is 0 Å². The summed E-state index contributed by atoms with van der Waals surface area (Å²) in [6.07, 6.45) is 0. The summed E-state index contributed by atoms with van der Waals surface area (Å²) in [4.78, 5) is 24.2. The summed E-state index contributed by atoms with van der Waals surface area (Å²) in [5.74, 6) is -0.363. The Morgan fingerprint density at radius 3 is 3.06 bits per heavy atom. The molecule has 2 rings (SSSR count). The van der Waals surface area contributed by atoms with Crippen molar-refractivity contribution in [2.75, 3.05) is 6.54 Å². The van der Waals surface area contributed by atoms with E-state index in [9.17, 15) is 9.59 Å². The number of hydrogen-bond donors (Lipinski definition) is 2. The lowest BCUT2D eigenvalue weighted by molar-refractivity contribution is -0.116. The Labute approximate surface area is 91.5 Å². The molecule has 0 spiro atoms. The molecule has 0 saturated carbocycles. The van der Waals surface area contributed by atoms with Crippen molar-refractivity contribution >= 4 is 16.9 Å². The molecule has 0 aliphatic heterocycles. The third-order valence-corrected chi connectivity index (χ3v) is 2.19. The lowest BCUT2D eigenvalue weighted by Crippen LogP contribution is -2.20. The number of hydrogen-bond acceptors (Lipinski definition) is 4. The first-order valence-corrected chi connectivity index (χ1v) is 4.97. The second kappa shape index (κ2) is 4.32. The number of aromatic amines is 1. The van der Waals surface area contributed by atoms with Gasteiger partial charge < -0.3 is 9.73 Å². The number of carbonyl (C=O) groups excluding carboxylic acids is 1. The van der Waals surface area contributed by atoms with Gasteiger partial charge in [0.25, 0.3) is 0 Å². The lowest BCUT2D eigenvalue weighted by Gasteiger charge is -2.01. The maximum atomic E-state index is 10.9. The van der Waals surface area contributed by atoms with Gasteiger partial charge in [0.1, 0.15) is 5.78 Å².